The lowest BCUT2D eigenvalue weighted by Crippen LogP contribution is -2.22. The number of anilines is 2. The van der Waals surface area contributed by atoms with E-state index in [1.54, 1.807) is 11.8 Å². The predicted octanol–water partition coefficient (Wildman–Crippen LogP) is 2.96. The van der Waals surface area contributed by atoms with Crippen molar-refractivity contribution < 1.29 is 9.84 Å². The molecule has 1 unspecified atom stereocenters. The van der Waals surface area contributed by atoms with Gasteiger partial charge in [-0.15, -0.1) is 0 Å². The maximum absolute atomic E-state index is 9.48. The predicted molar refractivity (Wildman–Crippen MR) is 137 cm³/mol. The molecule has 0 spiro atoms. The van der Waals surface area contributed by atoms with Crippen molar-refractivity contribution in [3.8, 4) is 5.75 Å². The lowest BCUT2D eigenvalue weighted by molar-refractivity contribution is 0.276. The van der Waals surface area contributed by atoms with Gasteiger partial charge in [-0.2, -0.15) is 10.1 Å². The number of aliphatic hydroxyl groups is 1. The van der Waals surface area contributed by atoms with Crippen LogP contribution >= 0.6 is 15.9 Å². The number of nitrogens with two attached hydrogens (primary N) is 1. The van der Waals surface area contributed by atoms with Gasteiger partial charge in [0.1, 0.15) is 22.5 Å². The van der Waals surface area contributed by atoms with Crippen LogP contribution in [0.15, 0.2) is 22.9 Å². The molecule has 0 amide bonds. The molecule has 0 bridgehead atoms. The molecule has 5 N–H and O–H groups in total. The lowest BCUT2D eigenvalue weighted by Gasteiger charge is -2.19. The number of nitrogen functional groups attached to an aromatic ring is 1. The van der Waals surface area contributed by atoms with Crippen LogP contribution in [0.1, 0.15) is 43.9 Å². The summed E-state index contributed by atoms with van der Waals surface area (Å²) in [7, 11) is 1.65. The zero-order valence-corrected chi connectivity index (χ0v) is 21.1. The smallest absolute Gasteiger partial charge is 0.222 e. The van der Waals surface area contributed by atoms with Crippen LogP contribution in [0.25, 0.3) is 16.6 Å². The fraction of sp³-hybridized carbons (Fsp3) is 0.478. The lowest BCUT2D eigenvalue weighted by atomic mass is 10.0. The van der Waals surface area contributed by atoms with Crippen molar-refractivity contribution in [3.05, 3.63) is 34.2 Å². The van der Waals surface area contributed by atoms with Gasteiger partial charge in [0.2, 0.25) is 5.95 Å². The summed E-state index contributed by atoms with van der Waals surface area (Å²) in [5.41, 5.74) is 10.4. The van der Waals surface area contributed by atoms with Crippen molar-refractivity contribution in [2.75, 3.05) is 37.9 Å². The topological polar surface area (TPSA) is 136 Å². The van der Waals surface area contributed by atoms with Gasteiger partial charge in [-0.1, -0.05) is 19.4 Å². The molecule has 3 aromatic rings. The maximum Gasteiger partial charge on any atom is 0.222 e. The molecule has 1 aliphatic rings. The molecule has 10 nitrogen and oxygen atoms in total. The summed E-state index contributed by atoms with van der Waals surface area (Å²) >= 11 is 3.52. The number of fused-ring (bicyclic) bond motifs is 1. The van der Waals surface area contributed by atoms with Gasteiger partial charge in [0.25, 0.3) is 0 Å². The highest BCUT2D eigenvalue weighted by Crippen LogP contribution is 2.31. The Morgan fingerprint density at radius 3 is 2.91 bits per heavy atom. The van der Waals surface area contributed by atoms with Crippen LogP contribution in [0.4, 0.5) is 11.8 Å². The molecule has 0 aromatic carbocycles. The third-order valence-corrected chi connectivity index (χ3v) is 6.44. The van der Waals surface area contributed by atoms with E-state index in [-0.39, 0.29) is 18.6 Å². The number of halogens is 1. The minimum atomic E-state index is 0.0554. The molecule has 0 saturated carbocycles. The first kappa shape index (κ1) is 24.4. The highest BCUT2D eigenvalue weighted by Gasteiger charge is 2.21. The molecule has 4 heterocycles. The average Bonchev–Trinajstić information content (AvgIpc) is 3.15. The van der Waals surface area contributed by atoms with Gasteiger partial charge in [-0.05, 0) is 58.9 Å². The summed E-state index contributed by atoms with van der Waals surface area (Å²) in [6, 6.07) is 2.09. The minimum Gasteiger partial charge on any atom is -0.495 e. The molecular weight excluding hydrogens is 500 g/mol. The zero-order valence-electron chi connectivity index (χ0n) is 19.5. The second kappa shape index (κ2) is 11.1. The van der Waals surface area contributed by atoms with Crippen LogP contribution in [0, 0.1) is 0 Å². The number of aromatic nitrogens is 5. The quantitative estimate of drug-likeness (QED) is 0.311. The van der Waals surface area contributed by atoms with Crippen molar-refractivity contribution in [2.24, 2.45) is 0 Å². The van der Waals surface area contributed by atoms with Crippen molar-refractivity contribution in [1.29, 1.82) is 0 Å². The third-order valence-electron chi connectivity index (χ3n) is 5.90. The molecule has 0 saturated heterocycles. The monoisotopic (exact) mass is 530 g/mol. The standard InChI is InChI=1S/C23H31BrN8O2/c1-3-4-16(7-10-33)28-22-20-19(29-23(25)30-22)21(24)31-32(20)13-17-18(34-2)11-15(12-27-17)14-5-8-26-9-6-14/h5,11-12,16,26,33H,3-4,6-10,13H2,1-2H3,(H3,25,28,29,30). The van der Waals surface area contributed by atoms with Crippen molar-refractivity contribution in [1.82, 2.24) is 30.0 Å². The molecule has 34 heavy (non-hydrogen) atoms. The Morgan fingerprint density at radius 1 is 1.35 bits per heavy atom. The number of aliphatic hydroxyl groups excluding tert-OH is 1. The van der Waals surface area contributed by atoms with Gasteiger partial charge in [0, 0.05) is 25.4 Å². The van der Waals surface area contributed by atoms with Gasteiger partial charge < -0.3 is 26.2 Å². The molecule has 0 radical (unpaired) electrons. The molecule has 0 aliphatic carbocycles. The number of hydrogen-bond donors (Lipinski definition) is 4. The number of nitrogens with zero attached hydrogens (tertiary/aromatic N) is 5. The summed E-state index contributed by atoms with van der Waals surface area (Å²) in [4.78, 5) is 13.6. The van der Waals surface area contributed by atoms with E-state index in [0.717, 1.165) is 43.6 Å². The number of nitrogens with one attached hydrogen (secondary N) is 2. The highest BCUT2D eigenvalue weighted by molar-refractivity contribution is 9.10. The highest BCUT2D eigenvalue weighted by atomic mass is 79.9. The van der Waals surface area contributed by atoms with Gasteiger partial charge in [-0.25, -0.2) is 4.98 Å². The first-order valence-electron chi connectivity index (χ1n) is 11.5. The van der Waals surface area contributed by atoms with Gasteiger partial charge in [0.15, 0.2) is 10.4 Å². The van der Waals surface area contributed by atoms with Crippen LogP contribution in [-0.4, -0.2) is 62.7 Å². The Kier molecular flexibility index (Phi) is 7.96. The molecule has 0 fully saturated rings. The van der Waals surface area contributed by atoms with E-state index in [1.807, 2.05) is 12.3 Å². The Labute approximate surface area is 207 Å². The van der Waals surface area contributed by atoms with E-state index >= 15 is 0 Å². The fourth-order valence-electron chi connectivity index (χ4n) is 4.24. The minimum absolute atomic E-state index is 0.0554. The second-order valence-electron chi connectivity index (χ2n) is 8.27. The van der Waals surface area contributed by atoms with Crippen molar-refractivity contribution in [2.45, 2.75) is 45.2 Å². The van der Waals surface area contributed by atoms with Gasteiger partial charge >= 0.3 is 0 Å². The van der Waals surface area contributed by atoms with E-state index in [9.17, 15) is 5.11 Å². The Balaban J connectivity index is 1.71. The SMILES string of the molecule is CCCC(CCO)Nc1nc(N)nc2c(Br)nn(Cc3ncc(C4=CCNCC4)cc3OC)c12. The van der Waals surface area contributed by atoms with Crippen LogP contribution in [-0.2, 0) is 6.54 Å². The van der Waals surface area contributed by atoms with Gasteiger partial charge in [-0.3, -0.25) is 9.67 Å². The summed E-state index contributed by atoms with van der Waals surface area (Å²) in [5.74, 6) is 1.44. The zero-order chi connectivity index (χ0) is 24.1. The summed E-state index contributed by atoms with van der Waals surface area (Å²) in [5, 5.41) is 20.9. The van der Waals surface area contributed by atoms with E-state index in [4.69, 9.17) is 15.5 Å². The summed E-state index contributed by atoms with van der Waals surface area (Å²) < 4.78 is 8.07. The first-order valence-corrected chi connectivity index (χ1v) is 12.3. The number of hydrogen-bond acceptors (Lipinski definition) is 9. The molecule has 1 aliphatic heterocycles. The van der Waals surface area contributed by atoms with Crippen LogP contribution in [0.3, 0.4) is 0 Å². The normalized spacial score (nSPS) is 14.8. The van der Waals surface area contributed by atoms with Crippen LogP contribution in [0.5, 0.6) is 5.75 Å². The molecule has 182 valence electrons. The van der Waals surface area contributed by atoms with Gasteiger partial charge in [0.05, 0.1) is 13.7 Å². The Hall–Kier alpha value is -2.76. The number of methoxy groups -OCH3 is 1. The average molecular weight is 531 g/mol. The van der Waals surface area contributed by atoms with Crippen molar-refractivity contribution >= 4 is 44.3 Å². The Bertz CT molecular complexity index is 1170. The fourth-order valence-corrected chi connectivity index (χ4v) is 4.70. The van der Waals surface area contributed by atoms with Crippen molar-refractivity contribution in [3.63, 3.8) is 0 Å². The summed E-state index contributed by atoms with van der Waals surface area (Å²) in [6.45, 7) is 4.38. The summed E-state index contributed by atoms with van der Waals surface area (Å²) in [6.07, 6.45) is 7.52. The van der Waals surface area contributed by atoms with E-state index in [1.165, 1.54) is 5.57 Å². The van der Waals surface area contributed by atoms with E-state index in [0.29, 0.717) is 40.2 Å². The maximum atomic E-state index is 9.48. The molecule has 1 atom stereocenters. The number of pyridine rings is 1. The second-order valence-corrected chi connectivity index (χ2v) is 9.03. The molecular formula is C23H31BrN8O2. The number of rotatable bonds is 10. The van der Waals surface area contributed by atoms with E-state index < -0.39 is 0 Å². The largest absolute Gasteiger partial charge is 0.495 e. The third kappa shape index (κ3) is 5.31. The van der Waals surface area contributed by atoms with Crippen LogP contribution in [0.2, 0.25) is 0 Å². The Morgan fingerprint density at radius 2 is 2.21 bits per heavy atom. The molecule has 11 heteroatoms. The van der Waals surface area contributed by atoms with Crippen LogP contribution < -0.4 is 21.1 Å². The van der Waals surface area contributed by atoms with E-state index in [2.05, 4.69) is 54.6 Å². The molecule has 3 aromatic heterocycles. The molecule has 4 rings (SSSR count). The first-order chi connectivity index (χ1) is 16.5. The number of ether oxygens (including phenoxy) is 1.